The monoisotopic (exact) mass is 552 g/mol. The summed E-state index contributed by atoms with van der Waals surface area (Å²) in [5.74, 6) is -1.99. The van der Waals surface area contributed by atoms with Crippen LogP contribution in [0, 0.1) is 17.6 Å². The lowest BCUT2D eigenvalue weighted by Crippen LogP contribution is -2.44. The highest BCUT2D eigenvalue weighted by Gasteiger charge is 2.39. The second kappa shape index (κ2) is 9.57. The lowest BCUT2D eigenvalue weighted by Gasteiger charge is -2.36. The van der Waals surface area contributed by atoms with Gasteiger partial charge in [0.05, 0.1) is 22.7 Å². The molecule has 1 amide bonds. The topological polar surface area (TPSA) is 75.7 Å². The maximum absolute atomic E-state index is 14.5. The van der Waals surface area contributed by atoms with Gasteiger partial charge in [0.15, 0.2) is 0 Å². The quantitative estimate of drug-likeness (QED) is 0.446. The molecular weight excluding hydrogens is 531 g/mol. The summed E-state index contributed by atoms with van der Waals surface area (Å²) >= 11 is 0. The Labute approximate surface area is 215 Å². The fraction of sp³-hybridized carbons (Fsp3) is 0.269. The van der Waals surface area contributed by atoms with E-state index in [0.29, 0.717) is 19.0 Å². The van der Waals surface area contributed by atoms with Crippen molar-refractivity contribution in [2.75, 3.05) is 17.4 Å². The summed E-state index contributed by atoms with van der Waals surface area (Å²) in [5.41, 5.74) is -1.17. The first kappa shape index (κ1) is 26.0. The van der Waals surface area contributed by atoms with Crippen molar-refractivity contribution in [3.05, 3.63) is 77.9 Å². The van der Waals surface area contributed by atoms with Gasteiger partial charge in [-0.2, -0.15) is 13.2 Å². The van der Waals surface area contributed by atoms with Crippen LogP contribution in [0.15, 0.2) is 65.6 Å². The number of carbonyl (C=O) groups is 1. The summed E-state index contributed by atoms with van der Waals surface area (Å²) < 4.78 is 103. The van der Waals surface area contributed by atoms with Gasteiger partial charge < -0.3 is 10.1 Å². The van der Waals surface area contributed by atoms with Crippen LogP contribution in [0.2, 0.25) is 0 Å². The summed E-state index contributed by atoms with van der Waals surface area (Å²) in [5, 5.41) is 2.70. The van der Waals surface area contributed by atoms with Crippen LogP contribution in [0.25, 0.3) is 11.1 Å². The zero-order valence-corrected chi connectivity index (χ0v) is 20.5. The van der Waals surface area contributed by atoms with Crippen molar-refractivity contribution in [2.45, 2.75) is 30.0 Å². The van der Waals surface area contributed by atoms with Crippen LogP contribution in [0.4, 0.5) is 27.6 Å². The molecule has 6 nitrogen and oxygen atoms in total. The number of amides is 1. The third kappa shape index (κ3) is 4.92. The highest BCUT2D eigenvalue weighted by Crippen LogP contribution is 2.42. The molecule has 1 unspecified atom stereocenters. The average molecular weight is 553 g/mol. The summed E-state index contributed by atoms with van der Waals surface area (Å²) in [7, 11) is -4.57. The van der Waals surface area contributed by atoms with Crippen LogP contribution < -0.4 is 14.4 Å². The van der Waals surface area contributed by atoms with Crippen LogP contribution in [0.1, 0.15) is 18.4 Å². The molecule has 0 saturated carbocycles. The van der Waals surface area contributed by atoms with Gasteiger partial charge in [-0.3, -0.25) is 9.10 Å². The second-order valence-corrected chi connectivity index (χ2v) is 11.0. The van der Waals surface area contributed by atoms with E-state index >= 15 is 0 Å². The van der Waals surface area contributed by atoms with Crippen LogP contribution in [-0.4, -0.2) is 33.5 Å². The van der Waals surface area contributed by atoms with E-state index in [1.165, 1.54) is 18.2 Å². The molecule has 0 radical (unpaired) electrons. The van der Waals surface area contributed by atoms with Gasteiger partial charge in [-0.25, -0.2) is 17.2 Å². The lowest BCUT2D eigenvalue weighted by molar-refractivity contribution is -0.137. The largest absolute Gasteiger partial charge is 0.486 e. The zero-order valence-electron chi connectivity index (χ0n) is 19.6. The molecule has 0 aliphatic carbocycles. The molecule has 0 bridgehead atoms. The van der Waals surface area contributed by atoms with Gasteiger partial charge in [-0.1, -0.05) is 12.1 Å². The number of anilines is 1. The maximum atomic E-state index is 14.5. The third-order valence-corrected chi connectivity index (χ3v) is 8.37. The van der Waals surface area contributed by atoms with Gasteiger partial charge in [-0.05, 0) is 66.9 Å². The number of alkyl halides is 3. The molecule has 1 fully saturated rings. The Kier molecular flexibility index (Phi) is 6.54. The molecule has 3 aromatic rings. The Hall–Kier alpha value is -3.67. The van der Waals surface area contributed by atoms with Gasteiger partial charge in [0.2, 0.25) is 5.91 Å². The zero-order chi connectivity index (χ0) is 27.2. The molecule has 0 aromatic heterocycles. The van der Waals surface area contributed by atoms with Crippen LogP contribution in [0.3, 0.4) is 0 Å². The molecule has 5 rings (SSSR count). The first-order valence-electron chi connectivity index (χ1n) is 11.7. The predicted molar refractivity (Wildman–Crippen MR) is 128 cm³/mol. The predicted octanol–water partition coefficient (Wildman–Crippen LogP) is 5.13. The minimum Gasteiger partial charge on any atom is -0.486 e. The van der Waals surface area contributed by atoms with Crippen molar-refractivity contribution in [3.63, 3.8) is 0 Å². The van der Waals surface area contributed by atoms with E-state index in [9.17, 15) is 35.2 Å². The Morgan fingerprint density at radius 1 is 1.03 bits per heavy atom. The van der Waals surface area contributed by atoms with Crippen molar-refractivity contribution in [2.24, 2.45) is 5.92 Å². The van der Waals surface area contributed by atoms with Crippen molar-refractivity contribution >= 4 is 21.6 Å². The summed E-state index contributed by atoms with van der Waals surface area (Å²) in [6.45, 7) is 0.173. The fourth-order valence-electron chi connectivity index (χ4n) is 4.70. The van der Waals surface area contributed by atoms with E-state index in [1.807, 2.05) is 0 Å². The summed E-state index contributed by atoms with van der Waals surface area (Å²) in [6, 6.07) is 10.3. The number of sulfonamides is 1. The Balaban J connectivity index is 1.60. The first-order valence-corrected chi connectivity index (χ1v) is 13.1. The van der Waals surface area contributed by atoms with E-state index in [1.54, 1.807) is 0 Å². The van der Waals surface area contributed by atoms with Crippen molar-refractivity contribution in [1.82, 2.24) is 5.32 Å². The number of nitrogens with one attached hydrogen (secondary N) is 1. The van der Waals surface area contributed by atoms with E-state index in [0.717, 1.165) is 40.7 Å². The maximum Gasteiger partial charge on any atom is 0.416 e. The molecule has 0 spiro atoms. The molecule has 1 N–H and O–H groups in total. The number of hydrogen-bond donors (Lipinski definition) is 1. The molecule has 1 saturated heterocycles. The molecule has 3 aromatic carbocycles. The summed E-state index contributed by atoms with van der Waals surface area (Å²) in [4.78, 5) is 11.5. The van der Waals surface area contributed by atoms with Crippen LogP contribution >= 0.6 is 0 Å². The van der Waals surface area contributed by atoms with Gasteiger partial charge in [-0.15, -0.1) is 0 Å². The van der Waals surface area contributed by atoms with Crippen molar-refractivity contribution in [3.8, 4) is 16.9 Å². The van der Waals surface area contributed by atoms with Crippen molar-refractivity contribution in [1.29, 1.82) is 0 Å². The minimum absolute atomic E-state index is 0.0457. The number of nitrogens with zero attached hydrogens (tertiary/aromatic N) is 1. The van der Waals surface area contributed by atoms with Gasteiger partial charge in [0, 0.05) is 18.0 Å². The molecule has 2 aliphatic heterocycles. The standard InChI is InChI=1S/C26H21F5N2O4S/c27-18-5-6-22(28)21(13-18)15-4-7-24-23(11-15)33(14-19(37-24)10-16-8-9-32-25(16)34)38(35,36)20-3-1-2-17(12-20)26(29,30)31/h1-7,11-13,16,19H,8-10,14H2,(H,32,34)/t16?,19-/m0/s1. The fourth-order valence-corrected chi connectivity index (χ4v) is 6.24. The Morgan fingerprint density at radius 2 is 1.82 bits per heavy atom. The van der Waals surface area contributed by atoms with Gasteiger partial charge in [0.25, 0.3) is 10.0 Å². The SMILES string of the molecule is O=C1NCCC1C[C@H]1CN(S(=O)(=O)c2cccc(C(F)(F)F)c2)c2cc(-c3cc(F)ccc3F)ccc2O1. The lowest BCUT2D eigenvalue weighted by atomic mass is 9.98. The Morgan fingerprint density at radius 3 is 2.53 bits per heavy atom. The molecule has 2 aliphatic rings. The van der Waals surface area contributed by atoms with Gasteiger partial charge in [0.1, 0.15) is 23.5 Å². The van der Waals surface area contributed by atoms with E-state index < -0.39 is 50.3 Å². The number of hydrogen-bond acceptors (Lipinski definition) is 4. The minimum atomic E-state index is -4.77. The average Bonchev–Trinajstić information content (AvgIpc) is 3.28. The molecule has 38 heavy (non-hydrogen) atoms. The molecule has 2 heterocycles. The first-order chi connectivity index (χ1) is 17.9. The van der Waals surface area contributed by atoms with Crippen LogP contribution in [0.5, 0.6) is 5.75 Å². The number of halogens is 5. The number of fused-ring (bicyclic) bond motifs is 1. The third-order valence-electron chi connectivity index (χ3n) is 6.59. The van der Waals surface area contributed by atoms with E-state index in [-0.39, 0.29) is 41.4 Å². The normalized spacial score (nSPS) is 19.6. The molecular formula is C26H21F5N2O4S. The smallest absolute Gasteiger partial charge is 0.416 e. The number of benzene rings is 3. The molecule has 200 valence electrons. The number of ether oxygens (including phenoxy) is 1. The van der Waals surface area contributed by atoms with Gasteiger partial charge >= 0.3 is 6.18 Å². The number of rotatable bonds is 5. The van der Waals surface area contributed by atoms with Crippen LogP contribution in [-0.2, 0) is 21.0 Å². The van der Waals surface area contributed by atoms with E-state index in [2.05, 4.69) is 5.32 Å². The van der Waals surface area contributed by atoms with E-state index in [4.69, 9.17) is 4.74 Å². The van der Waals surface area contributed by atoms with Crippen molar-refractivity contribution < 1.29 is 39.9 Å². The Bertz CT molecular complexity index is 1510. The highest BCUT2D eigenvalue weighted by molar-refractivity contribution is 7.92. The molecule has 2 atom stereocenters. The number of carbonyl (C=O) groups excluding carboxylic acids is 1. The summed E-state index contributed by atoms with van der Waals surface area (Å²) in [6.07, 6.45) is -4.84. The highest BCUT2D eigenvalue weighted by atomic mass is 32.2. The second-order valence-electron chi connectivity index (χ2n) is 9.12. The molecule has 12 heteroatoms.